The summed E-state index contributed by atoms with van der Waals surface area (Å²) >= 11 is 3.47. The molecule has 1 spiro atoms. The summed E-state index contributed by atoms with van der Waals surface area (Å²) in [5.41, 5.74) is 5.67. The number of fused-ring (bicyclic) bond motifs is 4. The van der Waals surface area contributed by atoms with Gasteiger partial charge in [-0.2, -0.15) is 0 Å². The first-order valence-corrected chi connectivity index (χ1v) is 8.01. The van der Waals surface area contributed by atoms with Gasteiger partial charge in [0.2, 0.25) is 0 Å². The highest BCUT2D eigenvalue weighted by Gasteiger charge is 2.60. The molecule has 116 valence electrons. The maximum Gasteiger partial charge on any atom is 0.262 e. The average molecular weight is 366 g/mol. The molecule has 3 atom stereocenters. The second-order valence-corrected chi connectivity index (χ2v) is 6.78. The van der Waals surface area contributed by atoms with Crippen molar-refractivity contribution in [3.05, 3.63) is 28.2 Å². The van der Waals surface area contributed by atoms with E-state index in [-0.39, 0.29) is 23.9 Å². The Kier molecular flexibility index (Phi) is 2.99. The molecule has 0 bridgehead atoms. The Bertz CT molecular complexity index is 693. The number of amides is 1. The number of carbonyl (C=O) groups excluding carboxylic acids is 1. The Morgan fingerprint density at radius 2 is 2.32 bits per heavy atom. The van der Waals surface area contributed by atoms with Gasteiger partial charge in [-0.1, -0.05) is 15.9 Å². The predicted octanol–water partition coefficient (Wildman–Crippen LogP) is 1.23. The third kappa shape index (κ3) is 1.69. The van der Waals surface area contributed by atoms with E-state index in [9.17, 15) is 4.79 Å². The molecule has 1 aromatic carbocycles. The van der Waals surface area contributed by atoms with Gasteiger partial charge in [-0.15, -0.1) is 0 Å². The van der Waals surface area contributed by atoms with Gasteiger partial charge in [-0.3, -0.25) is 9.69 Å². The summed E-state index contributed by atoms with van der Waals surface area (Å²) in [7, 11) is 1.65. The van der Waals surface area contributed by atoms with E-state index in [2.05, 4.69) is 20.9 Å². The molecular weight excluding hydrogens is 350 g/mol. The van der Waals surface area contributed by atoms with Crippen LogP contribution in [0, 0.1) is 5.92 Å². The predicted molar refractivity (Wildman–Crippen MR) is 83.6 cm³/mol. The third-order valence-corrected chi connectivity index (χ3v) is 5.22. The molecule has 4 rings (SSSR count). The number of likely N-dealkylation sites (N-methyl/N-ethyl adjacent to an activating group) is 1. The largest absolute Gasteiger partial charge is 0.489 e. The first-order valence-electron chi connectivity index (χ1n) is 7.22. The highest BCUT2D eigenvalue weighted by molar-refractivity contribution is 9.10. The van der Waals surface area contributed by atoms with Crippen molar-refractivity contribution in [1.29, 1.82) is 0 Å². The lowest BCUT2D eigenvalue weighted by molar-refractivity contribution is -0.141. The highest BCUT2D eigenvalue weighted by Crippen LogP contribution is 2.51. The molecule has 3 heterocycles. The van der Waals surface area contributed by atoms with Crippen LogP contribution < -0.4 is 10.5 Å². The molecule has 3 aliphatic rings. The summed E-state index contributed by atoms with van der Waals surface area (Å²) in [5.74, 6) is 0.654. The van der Waals surface area contributed by atoms with Crippen LogP contribution in [-0.4, -0.2) is 43.1 Å². The Balaban J connectivity index is 1.97. The topological polar surface area (TPSA) is 77.2 Å². The standard InChI is InChI=1S/C15H16BrN3O3/c1-19-13(20)15(18-14(19)17)9-6-8(16)2-3-11(9)22-12-4-5-21-7-10(12)15/h2-3,6,10,12H,4-5,7H2,1H3,(H2,17,18)/t10-,12-,15-/m1/s1. The van der Waals surface area contributed by atoms with Gasteiger partial charge >= 0.3 is 0 Å². The lowest BCUT2D eigenvalue weighted by Crippen LogP contribution is -2.56. The van der Waals surface area contributed by atoms with Crippen LogP contribution in [-0.2, 0) is 15.1 Å². The molecule has 1 saturated heterocycles. The van der Waals surface area contributed by atoms with Crippen molar-refractivity contribution in [2.75, 3.05) is 20.3 Å². The molecule has 0 aromatic heterocycles. The normalized spacial score (nSPS) is 33.3. The Morgan fingerprint density at radius 3 is 3.05 bits per heavy atom. The number of aliphatic imine (C=N–C) groups is 1. The smallest absolute Gasteiger partial charge is 0.262 e. The number of guanidine groups is 1. The zero-order chi connectivity index (χ0) is 15.5. The van der Waals surface area contributed by atoms with Gasteiger partial charge in [0.15, 0.2) is 11.5 Å². The molecule has 0 radical (unpaired) electrons. The first-order chi connectivity index (χ1) is 10.5. The van der Waals surface area contributed by atoms with E-state index >= 15 is 0 Å². The Morgan fingerprint density at radius 1 is 1.50 bits per heavy atom. The van der Waals surface area contributed by atoms with E-state index in [4.69, 9.17) is 15.2 Å². The van der Waals surface area contributed by atoms with E-state index in [0.29, 0.717) is 19.0 Å². The lowest BCUT2D eigenvalue weighted by atomic mass is 9.72. The fraction of sp³-hybridized carbons (Fsp3) is 0.467. The van der Waals surface area contributed by atoms with Gasteiger partial charge in [0.25, 0.3) is 5.91 Å². The lowest BCUT2D eigenvalue weighted by Gasteiger charge is -2.45. The molecule has 0 unspecified atom stereocenters. The van der Waals surface area contributed by atoms with Crippen molar-refractivity contribution in [2.45, 2.75) is 18.1 Å². The van der Waals surface area contributed by atoms with Crippen LogP contribution in [0.25, 0.3) is 0 Å². The van der Waals surface area contributed by atoms with Crippen LogP contribution in [0.15, 0.2) is 27.7 Å². The minimum absolute atomic E-state index is 0.0885. The summed E-state index contributed by atoms with van der Waals surface area (Å²) < 4.78 is 12.6. The minimum atomic E-state index is -1.04. The van der Waals surface area contributed by atoms with Crippen LogP contribution in [0.4, 0.5) is 0 Å². The maximum atomic E-state index is 13.0. The van der Waals surface area contributed by atoms with Gasteiger partial charge in [0, 0.05) is 23.5 Å². The van der Waals surface area contributed by atoms with Crippen LogP contribution in [0.1, 0.15) is 12.0 Å². The van der Waals surface area contributed by atoms with E-state index in [1.807, 2.05) is 18.2 Å². The fourth-order valence-electron chi connectivity index (χ4n) is 3.59. The number of rotatable bonds is 0. The van der Waals surface area contributed by atoms with Crippen molar-refractivity contribution in [1.82, 2.24) is 4.90 Å². The van der Waals surface area contributed by atoms with Gasteiger partial charge < -0.3 is 15.2 Å². The second-order valence-electron chi connectivity index (χ2n) is 5.87. The summed E-state index contributed by atoms with van der Waals surface area (Å²) in [4.78, 5) is 19.0. The van der Waals surface area contributed by atoms with Crippen molar-refractivity contribution in [2.24, 2.45) is 16.6 Å². The molecule has 1 fully saturated rings. The zero-order valence-electron chi connectivity index (χ0n) is 12.1. The number of hydrogen-bond acceptors (Lipinski definition) is 5. The van der Waals surface area contributed by atoms with Gasteiger partial charge in [0.1, 0.15) is 11.9 Å². The number of benzene rings is 1. The average Bonchev–Trinajstić information content (AvgIpc) is 2.74. The highest BCUT2D eigenvalue weighted by atomic mass is 79.9. The molecule has 0 aliphatic carbocycles. The molecule has 7 heteroatoms. The summed E-state index contributed by atoms with van der Waals surface area (Å²) in [5, 5.41) is 0. The summed E-state index contributed by atoms with van der Waals surface area (Å²) in [6.45, 7) is 1.07. The Labute approximate surface area is 136 Å². The fourth-order valence-corrected chi connectivity index (χ4v) is 3.96. The number of nitrogens with two attached hydrogens (primary N) is 1. The molecule has 3 aliphatic heterocycles. The van der Waals surface area contributed by atoms with Gasteiger partial charge in [-0.25, -0.2) is 4.99 Å². The summed E-state index contributed by atoms with van der Waals surface area (Å²) in [6.07, 6.45) is 0.656. The van der Waals surface area contributed by atoms with Crippen LogP contribution in [0.2, 0.25) is 0 Å². The molecule has 22 heavy (non-hydrogen) atoms. The number of halogens is 1. The van der Waals surface area contributed by atoms with E-state index in [1.165, 1.54) is 4.90 Å². The van der Waals surface area contributed by atoms with Crippen molar-refractivity contribution >= 4 is 27.8 Å². The molecular formula is C15H16BrN3O3. The second kappa shape index (κ2) is 4.70. The van der Waals surface area contributed by atoms with Gasteiger partial charge in [-0.05, 0) is 18.2 Å². The first kappa shape index (κ1) is 14.0. The van der Waals surface area contributed by atoms with E-state index in [1.54, 1.807) is 7.05 Å². The van der Waals surface area contributed by atoms with Crippen molar-refractivity contribution in [3.8, 4) is 5.75 Å². The Hall–Kier alpha value is -1.60. The monoisotopic (exact) mass is 365 g/mol. The molecule has 1 aromatic rings. The number of carbonyl (C=O) groups is 1. The molecule has 0 saturated carbocycles. The number of hydrogen-bond donors (Lipinski definition) is 1. The van der Waals surface area contributed by atoms with E-state index < -0.39 is 5.54 Å². The third-order valence-electron chi connectivity index (χ3n) is 4.73. The van der Waals surface area contributed by atoms with Gasteiger partial charge in [0.05, 0.1) is 19.1 Å². The zero-order valence-corrected chi connectivity index (χ0v) is 13.7. The number of nitrogens with zero attached hydrogens (tertiary/aromatic N) is 2. The van der Waals surface area contributed by atoms with Crippen molar-refractivity contribution < 1.29 is 14.3 Å². The molecule has 6 nitrogen and oxygen atoms in total. The van der Waals surface area contributed by atoms with Crippen LogP contribution >= 0.6 is 15.9 Å². The SMILES string of the molecule is CN1C(=O)[C@@]2(N=C1N)c1cc(Br)ccc1O[C@@H]1CCOC[C@H]12. The van der Waals surface area contributed by atoms with Crippen LogP contribution in [0.5, 0.6) is 5.75 Å². The van der Waals surface area contributed by atoms with Crippen LogP contribution in [0.3, 0.4) is 0 Å². The van der Waals surface area contributed by atoms with E-state index in [0.717, 1.165) is 16.5 Å². The quantitative estimate of drug-likeness (QED) is 0.749. The minimum Gasteiger partial charge on any atom is -0.489 e. The number of ether oxygens (including phenoxy) is 2. The molecule has 2 N–H and O–H groups in total. The molecule has 1 amide bonds. The maximum absolute atomic E-state index is 13.0. The van der Waals surface area contributed by atoms with Crippen molar-refractivity contribution in [3.63, 3.8) is 0 Å². The summed E-state index contributed by atoms with van der Waals surface area (Å²) in [6, 6.07) is 5.68.